The number of halogens is 1. The summed E-state index contributed by atoms with van der Waals surface area (Å²) in [6, 6.07) is 14.4. The van der Waals surface area contributed by atoms with Crippen molar-refractivity contribution in [3.05, 3.63) is 65.3 Å². The monoisotopic (exact) mass is 385 g/mol. The summed E-state index contributed by atoms with van der Waals surface area (Å²) in [7, 11) is 3.46. The first-order valence-electron chi connectivity index (χ1n) is 8.41. The number of anilines is 1. The van der Waals surface area contributed by atoms with Gasteiger partial charge in [0.1, 0.15) is 6.61 Å². The van der Waals surface area contributed by atoms with Crippen molar-refractivity contribution in [2.75, 3.05) is 25.6 Å². The number of ether oxygens (including phenoxy) is 2. The molecule has 0 fully saturated rings. The first kappa shape index (κ1) is 18.9. The van der Waals surface area contributed by atoms with Crippen molar-refractivity contribution >= 4 is 23.2 Å². The topological polar surface area (TPSA) is 65.4 Å². The zero-order valence-electron chi connectivity index (χ0n) is 15.1. The van der Waals surface area contributed by atoms with Gasteiger partial charge in [-0.25, -0.2) is 0 Å². The molecule has 1 heterocycles. The van der Waals surface area contributed by atoms with Gasteiger partial charge in [-0.15, -0.1) is 0 Å². The summed E-state index contributed by atoms with van der Waals surface area (Å²) in [5, 5.41) is 7.50. The molecule has 0 aliphatic carbocycles. The maximum Gasteiger partial charge on any atom is 0.257 e. The maximum absolute atomic E-state index is 12.7. The number of hydrogen-bond donors (Lipinski definition) is 1. The molecule has 0 atom stereocenters. The molecule has 0 saturated heterocycles. The van der Waals surface area contributed by atoms with Gasteiger partial charge in [-0.1, -0.05) is 29.8 Å². The number of benzene rings is 2. The molecule has 3 aromatic rings. The number of carbonyl (C=O) groups is 1. The lowest BCUT2D eigenvalue weighted by Gasteiger charge is -2.17. The second-order valence-corrected chi connectivity index (χ2v) is 6.20. The molecule has 0 unspecified atom stereocenters. The molecular formula is C20H20ClN3O3. The van der Waals surface area contributed by atoms with Crippen molar-refractivity contribution in [1.29, 1.82) is 0 Å². The SMILES string of the molecule is COCCOc1c(NC(=O)c2ccccc2Cl)cccc1-c1ccnn1C. The van der Waals surface area contributed by atoms with Crippen LogP contribution in [0.15, 0.2) is 54.7 Å². The lowest BCUT2D eigenvalue weighted by Crippen LogP contribution is -2.15. The number of hydrogen-bond acceptors (Lipinski definition) is 4. The molecule has 140 valence electrons. The summed E-state index contributed by atoms with van der Waals surface area (Å²) in [5.74, 6) is 0.248. The highest BCUT2D eigenvalue weighted by atomic mass is 35.5. The molecule has 0 aliphatic rings. The lowest BCUT2D eigenvalue weighted by atomic mass is 10.1. The van der Waals surface area contributed by atoms with Crippen molar-refractivity contribution in [3.8, 4) is 17.0 Å². The minimum atomic E-state index is -0.306. The maximum atomic E-state index is 12.7. The lowest BCUT2D eigenvalue weighted by molar-refractivity contribution is 0.102. The molecule has 1 N–H and O–H groups in total. The highest BCUT2D eigenvalue weighted by Gasteiger charge is 2.17. The van der Waals surface area contributed by atoms with E-state index in [9.17, 15) is 4.79 Å². The quantitative estimate of drug-likeness (QED) is 0.624. The fourth-order valence-electron chi connectivity index (χ4n) is 2.69. The Morgan fingerprint density at radius 3 is 2.67 bits per heavy atom. The van der Waals surface area contributed by atoms with E-state index in [4.69, 9.17) is 21.1 Å². The molecule has 1 amide bonds. The molecular weight excluding hydrogens is 366 g/mol. The zero-order valence-corrected chi connectivity index (χ0v) is 15.9. The third-order valence-corrected chi connectivity index (χ3v) is 4.34. The molecule has 3 rings (SSSR count). The fraction of sp³-hybridized carbons (Fsp3) is 0.200. The summed E-state index contributed by atoms with van der Waals surface area (Å²) < 4.78 is 12.8. The Bertz CT molecular complexity index is 940. The molecule has 0 saturated carbocycles. The zero-order chi connectivity index (χ0) is 19.2. The second-order valence-electron chi connectivity index (χ2n) is 5.80. The van der Waals surface area contributed by atoms with E-state index < -0.39 is 0 Å². The first-order valence-corrected chi connectivity index (χ1v) is 8.78. The normalized spacial score (nSPS) is 10.6. The Morgan fingerprint density at radius 1 is 1.15 bits per heavy atom. The minimum Gasteiger partial charge on any atom is -0.488 e. The third-order valence-electron chi connectivity index (χ3n) is 4.01. The molecule has 7 heteroatoms. The molecule has 0 spiro atoms. The van der Waals surface area contributed by atoms with E-state index in [1.807, 2.05) is 25.2 Å². The van der Waals surface area contributed by atoms with Gasteiger partial charge in [0, 0.05) is 25.9 Å². The number of aromatic nitrogens is 2. The van der Waals surface area contributed by atoms with E-state index in [0.717, 1.165) is 11.3 Å². The number of rotatable bonds is 7. The van der Waals surface area contributed by atoms with Crippen LogP contribution >= 0.6 is 11.6 Å². The van der Waals surface area contributed by atoms with Crippen molar-refractivity contribution in [3.63, 3.8) is 0 Å². The fourth-order valence-corrected chi connectivity index (χ4v) is 2.91. The highest BCUT2D eigenvalue weighted by Crippen LogP contribution is 2.36. The van der Waals surface area contributed by atoms with E-state index in [2.05, 4.69) is 10.4 Å². The largest absolute Gasteiger partial charge is 0.488 e. The average Bonchev–Trinajstić information content (AvgIpc) is 3.09. The molecule has 27 heavy (non-hydrogen) atoms. The second kappa shape index (κ2) is 8.70. The van der Waals surface area contributed by atoms with Crippen molar-refractivity contribution < 1.29 is 14.3 Å². The number of amides is 1. The van der Waals surface area contributed by atoms with Crippen molar-refractivity contribution in [2.45, 2.75) is 0 Å². The van der Waals surface area contributed by atoms with E-state index in [0.29, 0.717) is 35.2 Å². The van der Waals surface area contributed by atoms with Crippen LogP contribution in [0.5, 0.6) is 5.75 Å². The predicted molar refractivity (Wildman–Crippen MR) is 105 cm³/mol. The molecule has 0 aliphatic heterocycles. The predicted octanol–water partition coefficient (Wildman–Crippen LogP) is 4.02. The summed E-state index contributed by atoms with van der Waals surface area (Å²) in [5.41, 5.74) is 2.64. The van der Waals surface area contributed by atoms with Crippen LogP contribution < -0.4 is 10.1 Å². The summed E-state index contributed by atoms with van der Waals surface area (Å²) in [6.07, 6.45) is 1.71. The van der Waals surface area contributed by atoms with Crippen LogP contribution in [-0.2, 0) is 11.8 Å². The Labute approximate surface area is 162 Å². The van der Waals surface area contributed by atoms with Gasteiger partial charge in [-0.3, -0.25) is 9.48 Å². The molecule has 6 nitrogen and oxygen atoms in total. The Kier molecular flexibility index (Phi) is 6.11. The number of aryl methyl sites for hydroxylation is 1. The molecule has 0 radical (unpaired) electrons. The van der Waals surface area contributed by atoms with Crippen LogP contribution in [0.1, 0.15) is 10.4 Å². The summed E-state index contributed by atoms with van der Waals surface area (Å²) in [6.45, 7) is 0.776. The van der Waals surface area contributed by atoms with Crippen LogP contribution in [0.4, 0.5) is 5.69 Å². The number of methoxy groups -OCH3 is 1. The number of carbonyl (C=O) groups excluding carboxylic acids is 1. The van der Waals surface area contributed by atoms with Gasteiger partial charge >= 0.3 is 0 Å². The Hall–Kier alpha value is -2.83. The summed E-state index contributed by atoms with van der Waals surface area (Å²) >= 11 is 6.14. The van der Waals surface area contributed by atoms with E-state index in [1.54, 1.807) is 48.3 Å². The van der Waals surface area contributed by atoms with Crippen LogP contribution in [-0.4, -0.2) is 36.0 Å². The van der Waals surface area contributed by atoms with Gasteiger partial charge in [-0.2, -0.15) is 5.10 Å². The van der Waals surface area contributed by atoms with Crippen LogP contribution in [0.3, 0.4) is 0 Å². The van der Waals surface area contributed by atoms with Gasteiger partial charge in [0.25, 0.3) is 5.91 Å². The van der Waals surface area contributed by atoms with E-state index in [-0.39, 0.29) is 5.91 Å². The van der Waals surface area contributed by atoms with Gasteiger partial charge in [0.2, 0.25) is 0 Å². The third kappa shape index (κ3) is 4.30. The van der Waals surface area contributed by atoms with Gasteiger partial charge in [0.05, 0.1) is 28.6 Å². The van der Waals surface area contributed by atoms with Crippen molar-refractivity contribution in [2.24, 2.45) is 7.05 Å². The summed E-state index contributed by atoms with van der Waals surface area (Å²) in [4.78, 5) is 12.7. The van der Waals surface area contributed by atoms with Gasteiger partial charge < -0.3 is 14.8 Å². The van der Waals surface area contributed by atoms with Crippen molar-refractivity contribution in [1.82, 2.24) is 9.78 Å². The highest BCUT2D eigenvalue weighted by molar-refractivity contribution is 6.34. The van der Waals surface area contributed by atoms with Crippen LogP contribution in [0.2, 0.25) is 5.02 Å². The van der Waals surface area contributed by atoms with E-state index in [1.165, 1.54) is 0 Å². The smallest absolute Gasteiger partial charge is 0.257 e. The van der Waals surface area contributed by atoms with Crippen LogP contribution in [0.25, 0.3) is 11.3 Å². The van der Waals surface area contributed by atoms with Crippen LogP contribution in [0, 0.1) is 0 Å². The molecule has 1 aromatic heterocycles. The Balaban J connectivity index is 1.97. The standard InChI is InChI=1S/C20H20ClN3O3/c1-24-18(10-11-22-24)15-7-5-9-17(19(15)27-13-12-26-2)23-20(25)14-6-3-4-8-16(14)21/h3-11H,12-13H2,1-2H3,(H,23,25). The van der Waals surface area contributed by atoms with E-state index >= 15 is 0 Å². The number of nitrogens with one attached hydrogen (secondary N) is 1. The van der Waals surface area contributed by atoms with Gasteiger partial charge in [0.15, 0.2) is 5.75 Å². The average molecular weight is 386 g/mol. The Morgan fingerprint density at radius 2 is 1.96 bits per heavy atom. The number of nitrogens with zero attached hydrogens (tertiary/aromatic N) is 2. The minimum absolute atomic E-state index is 0.306. The molecule has 2 aromatic carbocycles. The van der Waals surface area contributed by atoms with Gasteiger partial charge in [-0.05, 0) is 30.3 Å². The number of para-hydroxylation sites is 1. The first-order chi connectivity index (χ1) is 13.1. The molecule has 0 bridgehead atoms.